The van der Waals surface area contributed by atoms with Crippen molar-refractivity contribution in [3.8, 4) is 11.5 Å². The van der Waals surface area contributed by atoms with Gasteiger partial charge in [0.15, 0.2) is 0 Å². The summed E-state index contributed by atoms with van der Waals surface area (Å²) in [6.45, 7) is 5.11. The van der Waals surface area contributed by atoms with Crippen LogP contribution in [0.2, 0.25) is 0 Å². The molecular weight excluding hydrogens is 298 g/mol. The van der Waals surface area contributed by atoms with Gasteiger partial charge in [0.1, 0.15) is 17.6 Å². The fourth-order valence-corrected chi connectivity index (χ4v) is 3.26. The largest absolute Gasteiger partial charge is 0.496 e. The molecule has 2 atom stereocenters. The lowest BCUT2D eigenvalue weighted by molar-refractivity contribution is 0.188. The first-order valence-corrected chi connectivity index (χ1v) is 8.80. The predicted octanol–water partition coefficient (Wildman–Crippen LogP) is 4.44. The Hall–Kier alpha value is -2.00. The molecular formula is C21H27NO2. The van der Waals surface area contributed by atoms with Crippen LogP contribution in [0.4, 0.5) is 0 Å². The molecule has 3 nitrogen and oxygen atoms in total. The van der Waals surface area contributed by atoms with Gasteiger partial charge in [-0.1, -0.05) is 30.3 Å². The molecule has 2 unspecified atom stereocenters. The van der Waals surface area contributed by atoms with Crippen molar-refractivity contribution in [1.82, 2.24) is 5.32 Å². The Labute approximate surface area is 145 Å². The van der Waals surface area contributed by atoms with E-state index in [-0.39, 0.29) is 12.1 Å². The van der Waals surface area contributed by atoms with Crippen LogP contribution in [0.1, 0.15) is 42.5 Å². The molecule has 0 amide bonds. The standard InChI is InChI=1S/C21H27NO2/c1-15-11-12-18(13-21(15)23-3)16(2)22-14-19-9-6-8-17-7-4-5-10-20(17)24-19/h4-5,7,10-13,16,19,22H,6,8-9,14H2,1-3H3. The number of nitrogens with one attached hydrogen (secondary N) is 1. The molecule has 1 heterocycles. The van der Waals surface area contributed by atoms with Crippen molar-refractivity contribution in [2.75, 3.05) is 13.7 Å². The van der Waals surface area contributed by atoms with Gasteiger partial charge in [-0.25, -0.2) is 0 Å². The molecule has 0 fully saturated rings. The number of rotatable bonds is 5. The maximum Gasteiger partial charge on any atom is 0.122 e. The molecule has 3 heteroatoms. The molecule has 3 rings (SSSR count). The summed E-state index contributed by atoms with van der Waals surface area (Å²) in [6, 6.07) is 15.1. The third-order valence-corrected chi connectivity index (χ3v) is 4.82. The number of methoxy groups -OCH3 is 1. The third kappa shape index (κ3) is 3.90. The number of fused-ring (bicyclic) bond motifs is 1. The maximum absolute atomic E-state index is 6.22. The van der Waals surface area contributed by atoms with E-state index >= 15 is 0 Å². The molecule has 0 saturated heterocycles. The topological polar surface area (TPSA) is 30.5 Å². The SMILES string of the molecule is COc1cc(C(C)NCC2CCCc3ccccc3O2)ccc1C. The van der Waals surface area contributed by atoms with Gasteiger partial charge in [0, 0.05) is 12.6 Å². The normalized spacial score (nSPS) is 18.2. The summed E-state index contributed by atoms with van der Waals surface area (Å²) in [5, 5.41) is 3.62. The number of hydrogen-bond donors (Lipinski definition) is 1. The van der Waals surface area contributed by atoms with Crippen LogP contribution in [0.15, 0.2) is 42.5 Å². The number of ether oxygens (including phenoxy) is 2. The number of hydrogen-bond acceptors (Lipinski definition) is 3. The third-order valence-electron chi connectivity index (χ3n) is 4.82. The lowest BCUT2D eigenvalue weighted by Crippen LogP contribution is -2.32. The van der Waals surface area contributed by atoms with Gasteiger partial charge in [0.25, 0.3) is 0 Å². The van der Waals surface area contributed by atoms with Gasteiger partial charge < -0.3 is 14.8 Å². The molecule has 2 aromatic carbocycles. The average Bonchev–Trinajstić information content (AvgIpc) is 2.82. The molecule has 0 radical (unpaired) electrons. The van der Waals surface area contributed by atoms with E-state index in [1.165, 1.54) is 17.5 Å². The van der Waals surface area contributed by atoms with Crippen molar-refractivity contribution < 1.29 is 9.47 Å². The summed E-state index contributed by atoms with van der Waals surface area (Å²) in [7, 11) is 1.72. The van der Waals surface area contributed by atoms with Crippen LogP contribution >= 0.6 is 0 Å². The summed E-state index contributed by atoms with van der Waals surface area (Å²) < 4.78 is 11.7. The molecule has 128 valence electrons. The van der Waals surface area contributed by atoms with Gasteiger partial charge in [0.05, 0.1) is 7.11 Å². The van der Waals surface area contributed by atoms with Crippen molar-refractivity contribution in [2.45, 2.75) is 45.3 Å². The monoisotopic (exact) mass is 325 g/mol. The first-order chi connectivity index (χ1) is 11.7. The highest BCUT2D eigenvalue weighted by atomic mass is 16.5. The summed E-state index contributed by atoms with van der Waals surface area (Å²) in [4.78, 5) is 0. The first-order valence-electron chi connectivity index (χ1n) is 8.80. The van der Waals surface area contributed by atoms with Gasteiger partial charge in [-0.15, -0.1) is 0 Å². The van der Waals surface area contributed by atoms with Gasteiger partial charge in [-0.05, 0) is 61.9 Å². The molecule has 1 aliphatic rings. The molecule has 0 saturated carbocycles. The zero-order valence-electron chi connectivity index (χ0n) is 14.8. The Bertz CT molecular complexity index is 683. The van der Waals surface area contributed by atoms with Crippen LogP contribution in [-0.4, -0.2) is 19.8 Å². The van der Waals surface area contributed by atoms with Crippen molar-refractivity contribution in [3.05, 3.63) is 59.2 Å². The van der Waals surface area contributed by atoms with E-state index in [1.54, 1.807) is 7.11 Å². The predicted molar refractivity (Wildman–Crippen MR) is 97.9 cm³/mol. The minimum atomic E-state index is 0.225. The number of benzene rings is 2. The Morgan fingerprint density at radius 1 is 1.25 bits per heavy atom. The number of para-hydroxylation sites is 1. The molecule has 24 heavy (non-hydrogen) atoms. The Morgan fingerprint density at radius 3 is 2.92 bits per heavy atom. The van der Waals surface area contributed by atoms with E-state index in [0.717, 1.165) is 36.4 Å². The Kier molecular flexibility index (Phi) is 5.41. The van der Waals surface area contributed by atoms with Crippen molar-refractivity contribution >= 4 is 0 Å². The van der Waals surface area contributed by atoms with Crippen LogP contribution in [0.3, 0.4) is 0 Å². The molecule has 0 spiro atoms. The van der Waals surface area contributed by atoms with Crippen LogP contribution < -0.4 is 14.8 Å². The van der Waals surface area contributed by atoms with Crippen molar-refractivity contribution in [3.63, 3.8) is 0 Å². The Morgan fingerprint density at radius 2 is 2.08 bits per heavy atom. The molecule has 1 N–H and O–H groups in total. The second kappa shape index (κ2) is 7.71. The van der Waals surface area contributed by atoms with Crippen LogP contribution in [0.25, 0.3) is 0 Å². The highest BCUT2D eigenvalue weighted by Crippen LogP contribution is 2.27. The zero-order chi connectivity index (χ0) is 16.9. The van der Waals surface area contributed by atoms with E-state index in [9.17, 15) is 0 Å². The fraction of sp³-hybridized carbons (Fsp3) is 0.429. The summed E-state index contributed by atoms with van der Waals surface area (Å²) in [5.74, 6) is 1.99. The average molecular weight is 325 g/mol. The van der Waals surface area contributed by atoms with Gasteiger partial charge in [0.2, 0.25) is 0 Å². The summed E-state index contributed by atoms with van der Waals surface area (Å²) in [6.07, 6.45) is 3.60. The Balaban J connectivity index is 1.61. The second-order valence-corrected chi connectivity index (χ2v) is 6.60. The lowest BCUT2D eigenvalue weighted by atomic mass is 10.0. The van der Waals surface area contributed by atoms with Gasteiger partial charge in [-0.3, -0.25) is 0 Å². The van der Waals surface area contributed by atoms with Crippen molar-refractivity contribution in [2.24, 2.45) is 0 Å². The molecule has 0 aliphatic carbocycles. The smallest absolute Gasteiger partial charge is 0.122 e. The quantitative estimate of drug-likeness (QED) is 0.881. The van der Waals surface area contributed by atoms with Crippen LogP contribution in [0, 0.1) is 6.92 Å². The van der Waals surface area contributed by atoms with E-state index < -0.39 is 0 Å². The van der Waals surface area contributed by atoms with Crippen LogP contribution in [-0.2, 0) is 6.42 Å². The van der Waals surface area contributed by atoms with Gasteiger partial charge in [-0.2, -0.15) is 0 Å². The van der Waals surface area contributed by atoms with Gasteiger partial charge >= 0.3 is 0 Å². The van der Waals surface area contributed by atoms with Crippen LogP contribution in [0.5, 0.6) is 11.5 Å². The highest BCUT2D eigenvalue weighted by molar-refractivity contribution is 5.37. The van der Waals surface area contributed by atoms with E-state index in [2.05, 4.69) is 61.6 Å². The summed E-state index contributed by atoms with van der Waals surface area (Å²) >= 11 is 0. The van der Waals surface area contributed by atoms with E-state index in [1.807, 2.05) is 0 Å². The van der Waals surface area contributed by atoms with E-state index in [4.69, 9.17) is 9.47 Å². The number of aryl methyl sites for hydroxylation is 2. The maximum atomic E-state index is 6.22. The minimum Gasteiger partial charge on any atom is -0.496 e. The zero-order valence-corrected chi connectivity index (χ0v) is 14.8. The second-order valence-electron chi connectivity index (χ2n) is 6.60. The lowest BCUT2D eigenvalue weighted by Gasteiger charge is -2.22. The fourth-order valence-electron chi connectivity index (χ4n) is 3.26. The first kappa shape index (κ1) is 16.8. The molecule has 2 aromatic rings. The molecule has 1 aliphatic heterocycles. The van der Waals surface area contributed by atoms with Crippen molar-refractivity contribution in [1.29, 1.82) is 0 Å². The molecule has 0 bridgehead atoms. The summed E-state index contributed by atoms with van der Waals surface area (Å²) in [5.41, 5.74) is 3.74. The minimum absolute atomic E-state index is 0.225. The highest BCUT2D eigenvalue weighted by Gasteiger charge is 2.18. The molecule has 0 aromatic heterocycles. The van der Waals surface area contributed by atoms with E-state index in [0.29, 0.717) is 0 Å².